The van der Waals surface area contributed by atoms with Crippen LogP contribution in [0.15, 0.2) is 17.2 Å². The third kappa shape index (κ3) is 3.39. The van der Waals surface area contributed by atoms with Crippen molar-refractivity contribution >= 4 is 21.8 Å². The van der Waals surface area contributed by atoms with Gasteiger partial charge >= 0.3 is 0 Å². The topological polar surface area (TPSA) is 63.1 Å². The van der Waals surface area contributed by atoms with Gasteiger partial charge in [-0.05, 0) is 32.2 Å². The number of nitrogens with zero attached hydrogens (tertiary/aromatic N) is 1. The van der Waals surface area contributed by atoms with Crippen LogP contribution in [0.5, 0.6) is 0 Å². The summed E-state index contributed by atoms with van der Waals surface area (Å²) in [6.07, 6.45) is 6.84. The first-order chi connectivity index (χ1) is 9.47. The van der Waals surface area contributed by atoms with Gasteiger partial charge in [-0.2, -0.15) is 11.8 Å². The molecular weight excluding hydrogens is 294 g/mol. The van der Waals surface area contributed by atoms with Crippen molar-refractivity contribution in [3.8, 4) is 0 Å². The molecule has 20 heavy (non-hydrogen) atoms. The van der Waals surface area contributed by atoms with E-state index in [9.17, 15) is 8.42 Å². The number of aryl methyl sites for hydroxylation is 1. The van der Waals surface area contributed by atoms with Crippen molar-refractivity contribution in [1.29, 1.82) is 0 Å². The molecule has 5 nitrogen and oxygen atoms in total. The van der Waals surface area contributed by atoms with E-state index in [1.165, 1.54) is 0 Å². The van der Waals surface area contributed by atoms with E-state index in [0.29, 0.717) is 16.7 Å². The van der Waals surface area contributed by atoms with Crippen LogP contribution in [0.2, 0.25) is 0 Å². The van der Waals surface area contributed by atoms with Crippen LogP contribution in [0.1, 0.15) is 25.0 Å². The Kier molecular flexibility index (Phi) is 5.17. The molecule has 2 rings (SSSR count). The van der Waals surface area contributed by atoms with E-state index in [1.54, 1.807) is 24.0 Å². The smallest absolute Gasteiger partial charge is 0.242 e. The molecule has 1 fully saturated rings. The van der Waals surface area contributed by atoms with Crippen LogP contribution in [-0.2, 0) is 23.6 Å². The second-order valence-corrected chi connectivity index (χ2v) is 8.03. The fourth-order valence-electron chi connectivity index (χ4n) is 2.69. The van der Waals surface area contributed by atoms with Crippen LogP contribution < -0.4 is 10.0 Å². The molecule has 2 unspecified atom stereocenters. The molecule has 0 bridgehead atoms. The first-order valence-corrected chi connectivity index (χ1v) is 9.60. The number of rotatable bonds is 6. The highest BCUT2D eigenvalue weighted by Gasteiger charge is 2.31. The van der Waals surface area contributed by atoms with E-state index in [2.05, 4.69) is 10.0 Å². The van der Waals surface area contributed by atoms with Gasteiger partial charge in [0.05, 0.1) is 4.90 Å². The number of hydrogen-bond acceptors (Lipinski definition) is 4. The van der Waals surface area contributed by atoms with Crippen molar-refractivity contribution < 1.29 is 8.42 Å². The summed E-state index contributed by atoms with van der Waals surface area (Å²) in [6.45, 7) is 0.656. The predicted octanol–water partition coefficient (Wildman–Crippen LogP) is 1.31. The highest BCUT2D eigenvalue weighted by molar-refractivity contribution is 7.99. The largest absolute Gasteiger partial charge is 0.352 e. The molecule has 2 N–H and O–H groups in total. The lowest BCUT2D eigenvalue weighted by atomic mass is 10.3. The molecule has 0 saturated heterocycles. The van der Waals surface area contributed by atoms with E-state index >= 15 is 0 Å². The molecule has 1 heterocycles. The highest BCUT2D eigenvalue weighted by Crippen LogP contribution is 2.29. The van der Waals surface area contributed by atoms with Gasteiger partial charge in [-0.25, -0.2) is 13.1 Å². The summed E-state index contributed by atoms with van der Waals surface area (Å²) in [4.78, 5) is 0.358. The van der Waals surface area contributed by atoms with Gasteiger partial charge < -0.3 is 9.88 Å². The van der Waals surface area contributed by atoms with Crippen LogP contribution >= 0.6 is 11.8 Å². The molecule has 1 aromatic heterocycles. The summed E-state index contributed by atoms with van der Waals surface area (Å²) in [5.74, 6) is 0. The monoisotopic (exact) mass is 317 g/mol. The van der Waals surface area contributed by atoms with Gasteiger partial charge in [0.1, 0.15) is 0 Å². The lowest BCUT2D eigenvalue weighted by Gasteiger charge is -2.18. The van der Waals surface area contributed by atoms with Crippen LogP contribution in [0.4, 0.5) is 0 Å². The molecule has 1 aliphatic carbocycles. The summed E-state index contributed by atoms with van der Waals surface area (Å²) in [5.41, 5.74) is 0.959. The second-order valence-electron chi connectivity index (χ2n) is 5.24. The average Bonchev–Trinajstić information content (AvgIpc) is 2.97. The zero-order valence-electron chi connectivity index (χ0n) is 12.2. The Hall–Kier alpha value is -0.500. The van der Waals surface area contributed by atoms with Crippen LogP contribution in [0.25, 0.3) is 0 Å². The van der Waals surface area contributed by atoms with Gasteiger partial charge in [0.15, 0.2) is 0 Å². The molecule has 114 valence electrons. The van der Waals surface area contributed by atoms with Crippen molar-refractivity contribution in [1.82, 2.24) is 14.6 Å². The third-order valence-electron chi connectivity index (χ3n) is 3.81. The minimum atomic E-state index is -3.42. The van der Waals surface area contributed by atoms with Crippen molar-refractivity contribution in [2.45, 2.75) is 42.0 Å². The molecule has 1 aromatic rings. The molecule has 1 saturated carbocycles. The molecule has 2 atom stereocenters. The standard InChI is InChI=1S/C13H23N3O2S2/c1-14-8-10-7-11(9-16(10)2)20(17,18)15-12-5-4-6-13(12)19-3/h7,9,12-15H,4-6,8H2,1-3H3. The fraction of sp³-hybridized carbons (Fsp3) is 0.692. The second kappa shape index (κ2) is 6.51. The lowest BCUT2D eigenvalue weighted by molar-refractivity contribution is 0.555. The van der Waals surface area contributed by atoms with Crippen molar-refractivity contribution in [2.75, 3.05) is 13.3 Å². The van der Waals surface area contributed by atoms with Crippen LogP contribution in [0, 0.1) is 0 Å². The third-order valence-corrected chi connectivity index (χ3v) is 6.44. The molecule has 0 aromatic carbocycles. The number of sulfonamides is 1. The number of hydrogen-bond donors (Lipinski definition) is 2. The Balaban J connectivity index is 2.16. The van der Waals surface area contributed by atoms with Gasteiger partial charge in [-0.15, -0.1) is 0 Å². The quantitative estimate of drug-likeness (QED) is 0.830. The molecule has 0 amide bonds. The van der Waals surface area contributed by atoms with Gasteiger partial charge in [-0.3, -0.25) is 0 Å². The molecular formula is C13H23N3O2S2. The average molecular weight is 317 g/mol. The van der Waals surface area contributed by atoms with Gasteiger partial charge in [-0.1, -0.05) is 6.42 Å². The Morgan fingerprint density at radius 2 is 2.20 bits per heavy atom. The van der Waals surface area contributed by atoms with Crippen LogP contribution in [-0.4, -0.2) is 37.6 Å². The maximum Gasteiger partial charge on any atom is 0.242 e. The normalized spacial score (nSPS) is 23.4. The van der Waals surface area contributed by atoms with Gasteiger partial charge in [0.2, 0.25) is 10.0 Å². The van der Waals surface area contributed by atoms with E-state index in [1.807, 2.05) is 24.9 Å². The zero-order valence-corrected chi connectivity index (χ0v) is 13.9. The Morgan fingerprint density at radius 3 is 2.85 bits per heavy atom. The summed E-state index contributed by atoms with van der Waals surface area (Å²) in [5, 5.41) is 3.43. The molecule has 0 radical (unpaired) electrons. The van der Waals surface area contributed by atoms with Crippen LogP contribution in [0.3, 0.4) is 0 Å². The Labute approximate surface area is 125 Å². The molecule has 0 spiro atoms. The molecule has 1 aliphatic rings. The fourth-order valence-corrected chi connectivity index (χ4v) is 5.12. The number of aromatic nitrogens is 1. The van der Waals surface area contributed by atoms with Gasteiger partial charge in [0, 0.05) is 36.8 Å². The van der Waals surface area contributed by atoms with E-state index in [4.69, 9.17) is 0 Å². The van der Waals surface area contributed by atoms with Gasteiger partial charge in [0.25, 0.3) is 0 Å². The van der Waals surface area contributed by atoms with E-state index in [-0.39, 0.29) is 6.04 Å². The maximum atomic E-state index is 12.5. The Morgan fingerprint density at radius 1 is 1.45 bits per heavy atom. The minimum Gasteiger partial charge on any atom is -0.352 e. The van der Waals surface area contributed by atoms with E-state index in [0.717, 1.165) is 25.0 Å². The zero-order chi connectivity index (χ0) is 14.8. The predicted molar refractivity (Wildman–Crippen MR) is 83.4 cm³/mol. The van der Waals surface area contributed by atoms with Crippen molar-refractivity contribution in [3.63, 3.8) is 0 Å². The highest BCUT2D eigenvalue weighted by atomic mass is 32.2. The van der Waals surface area contributed by atoms with E-state index < -0.39 is 10.0 Å². The van der Waals surface area contributed by atoms with Crippen molar-refractivity contribution in [3.05, 3.63) is 18.0 Å². The SMILES string of the molecule is CNCc1cc(S(=O)(=O)NC2CCCC2SC)cn1C. The molecule has 0 aliphatic heterocycles. The first-order valence-electron chi connectivity index (χ1n) is 6.83. The number of thioether (sulfide) groups is 1. The van der Waals surface area contributed by atoms with Crippen molar-refractivity contribution in [2.24, 2.45) is 7.05 Å². The lowest BCUT2D eigenvalue weighted by Crippen LogP contribution is -2.38. The number of nitrogens with one attached hydrogen (secondary N) is 2. The summed E-state index contributed by atoms with van der Waals surface area (Å²) in [7, 11) is 0.297. The minimum absolute atomic E-state index is 0.0583. The molecule has 7 heteroatoms. The Bertz CT molecular complexity index is 554. The summed E-state index contributed by atoms with van der Waals surface area (Å²) >= 11 is 1.75. The summed E-state index contributed by atoms with van der Waals surface area (Å²) < 4.78 is 29.7. The summed E-state index contributed by atoms with van der Waals surface area (Å²) in [6, 6.07) is 1.80. The maximum absolute atomic E-state index is 12.5. The first kappa shape index (κ1) is 15.9.